The van der Waals surface area contributed by atoms with Gasteiger partial charge in [-0.25, -0.2) is 18.6 Å². The molecular formula is C15H22N6O14P3S-3. The summed E-state index contributed by atoms with van der Waals surface area (Å²) in [6.07, 6.45) is -4.59. The fourth-order valence-corrected chi connectivity index (χ4v) is 6.57. The van der Waals surface area contributed by atoms with Gasteiger partial charge in [-0.1, -0.05) is 12.2 Å². The second-order valence-corrected chi connectivity index (χ2v) is 12.4. The Balaban J connectivity index is 1.82. The number of rotatable bonds is 13. The maximum atomic E-state index is 12.0. The third-order valence-electron chi connectivity index (χ3n) is 4.83. The van der Waals surface area contributed by atoms with Crippen LogP contribution in [0.2, 0.25) is 0 Å². The molecule has 24 heteroatoms. The van der Waals surface area contributed by atoms with Gasteiger partial charge in [-0.05, 0) is 6.92 Å². The molecule has 0 saturated carbocycles. The molecule has 1 saturated heterocycles. The second kappa shape index (κ2) is 12.6. The van der Waals surface area contributed by atoms with Crippen molar-refractivity contribution in [3.05, 3.63) is 16.8 Å². The van der Waals surface area contributed by atoms with Crippen LogP contribution in [-0.4, -0.2) is 80.0 Å². The molecule has 7 atom stereocenters. The predicted octanol–water partition coefficient (Wildman–Crippen LogP) is -3.04. The summed E-state index contributed by atoms with van der Waals surface area (Å²) in [5, 5.41) is 13.3. The molecule has 1 amide bonds. The van der Waals surface area contributed by atoms with Gasteiger partial charge in [0.1, 0.15) is 41.9 Å². The van der Waals surface area contributed by atoms with Gasteiger partial charge in [0.15, 0.2) is 10.9 Å². The van der Waals surface area contributed by atoms with Crippen molar-refractivity contribution in [3.8, 4) is 0 Å². The molecule has 2 aromatic heterocycles. The Kier molecular flexibility index (Phi) is 10.3. The van der Waals surface area contributed by atoms with Crippen LogP contribution in [0.3, 0.4) is 0 Å². The monoisotopic (exact) mass is 635 g/mol. The number of carbonyl (C=O) groups is 1. The molecular weight excluding hydrogens is 613 g/mol. The third-order valence-corrected chi connectivity index (χ3v) is 8.80. The number of H-pyrrole nitrogens is 1. The third kappa shape index (κ3) is 8.74. The average Bonchev–Trinajstić information content (AvgIpc) is 3.33. The number of nitrogens with two attached hydrogens (primary N) is 1. The van der Waals surface area contributed by atoms with Gasteiger partial charge in [0.2, 0.25) is 5.91 Å². The number of carbonyl (C=O) groups excluding carboxylic acids is 1. The van der Waals surface area contributed by atoms with Crippen LogP contribution in [0.1, 0.15) is 12.1 Å². The first kappa shape index (κ1) is 32.0. The Morgan fingerprint density at radius 2 is 2.00 bits per heavy atom. The minimum Gasteiger partial charge on any atom is -0.756 e. The molecule has 3 heterocycles. The molecule has 39 heavy (non-hydrogen) atoms. The lowest BCUT2D eigenvalue weighted by Gasteiger charge is -2.33. The molecule has 0 bridgehead atoms. The number of phosphoric acid groups is 3. The molecule has 6 N–H and O–H groups in total. The molecule has 1 aliphatic rings. The molecule has 220 valence electrons. The number of aliphatic hydroxyl groups excluding tert-OH is 1. The number of ether oxygens (including phenoxy) is 2. The number of nitrogens with zero attached hydrogens (tertiary/aromatic N) is 3. The first-order valence-electron chi connectivity index (χ1n) is 10.6. The van der Waals surface area contributed by atoms with Gasteiger partial charge in [0.25, 0.3) is 23.5 Å². The number of imidazole rings is 1. The number of nitrogens with one attached hydrogen (secondary N) is 2. The first-order chi connectivity index (χ1) is 18.0. The molecule has 0 radical (unpaired) electrons. The van der Waals surface area contributed by atoms with Gasteiger partial charge in [-0.3, -0.25) is 23.1 Å². The molecule has 0 aromatic carbocycles. The second-order valence-electron chi connectivity index (χ2n) is 7.77. The fraction of sp³-hybridized carbons (Fsp3) is 0.600. The summed E-state index contributed by atoms with van der Waals surface area (Å²) >= 11 is 5.19. The maximum absolute atomic E-state index is 12.0. The van der Waals surface area contributed by atoms with Crippen LogP contribution < -0.4 is 25.7 Å². The van der Waals surface area contributed by atoms with Crippen LogP contribution in [-0.2, 0) is 41.1 Å². The van der Waals surface area contributed by atoms with E-state index >= 15 is 0 Å². The number of fused-ring (bicyclic) bond motifs is 1. The van der Waals surface area contributed by atoms with Gasteiger partial charge in [-0.15, -0.1) is 0 Å². The number of aryl methyl sites for hydroxylation is 1. The Morgan fingerprint density at radius 3 is 2.64 bits per heavy atom. The van der Waals surface area contributed by atoms with Crippen molar-refractivity contribution in [1.29, 1.82) is 0 Å². The number of aromatic amines is 1. The standard InChI is InChI=1S/C15H25N6O14P3S/c1-7-19-13-10(14(39)20-7)18-6-21(13)15-12(31-5-9(22)17-3-2-16)11(23)8(33-15)4-32-37(27,28)35-38(29,30)34-36(24,25)26/h6,8,11-12,15,23H,2-5,16H2,1H3,(H,17,22)(H,27,28)(H,29,30)(H,19,20,39)(H2,24,25,26)/p-3/t8-,11+,12?,15-/m1/s1. The summed E-state index contributed by atoms with van der Waals surface area (Å²) in [6, 6.07) is 0. The first-order valence-corrected chi connectivity index (χ1v) is 15.4. The SMILES string of the molecule is Cc1nc(=S)c2ncn([C@@H]3O[C@H](COP(=O)([O-])OP(=O)([O-])OP(=O)([O-])O)[C@H](O)C3OCC(=O)NCCN)c2[nH]1. The van der Waals surface area contributed by atoms with Gasteiger partial charge < -0.3 is 54.7 Å². The van der Waals surface area contributed by atoms with Gasteiger partial charge in [-0.2, -0.15) is 0 Å². The van der Waals surface area contributed by atoms with E-state index in [0.717, 1.165) is 0 Å². The maximum Gasteiger partial charge on any atom is 0.280 e. The van der Waals surface area contributed by atoms with E-state index in [9.17, 15) is 38.3 Å². The molecule has 0 spiro atoms. The number of aliphatic hydroxyl groups is 1. The molecule has 2 aromatic rings. The Bertz CT molecular complexity index is 1400. The largest absolute Gasteiger partial charge is 0.756 e. The molecule has 1 fully saturated rings. The quantitative estimate of drug-likeness (QED) is 0.108. The summed E-state index contributed by atoms with van der Waals surface area (Å²) in [5.41, 5.74) is 5.86. The van der Waals surface area contributed by atoms with E-state index in [4.69, 9.17) is 32.3 Å². The van der Waals surface area contributed by atoms with E-state index in [1.54, 1.807) is 6.92 Å². The van der Waals surface area contributed by atoms with Crippen molar-refractivity contribution < 1.29 is 65.8 Å². The highest BCUT2D eigenvalue weighted by atomic mass is 32.1. The minimum atomic E-state index is -6.13. The average molecular weight is 635 g/mol. The normalized spacial score (nSPS) is 26.1. The highest BCUT2D eigenvalue weighted by molar-refractivity contribution is 7.71. The fourth-order valence-electron chi connectivity index (χ4n) is 3.39. The van der Waals surface area contributed by atoms with E-state index < -0.39 is 67.1 Å². The van der Waals surface area contributed by atoms with Crippen molar-refractivity contribution in [2.75, 3.05) is 26.3 Å². The molecule has 1 aliphatic heterocycles. The smallest absolute Gasteiger partial charge is 0.280 e. The van der Waals surface area contributed by atoms with Crippen LogP contribution in [0.25, 0.3) is 11.2 Å². The van der Waals surface area contributed by atoms with E-state index in [2.05, 4.69) is 33.4 Å². The number of aromatic nitrogens is 4. The minimum absolute atomic E-state index is 0.135. The van der Waals surface area contributed by atoms with Crippen LogP contribution in [0, 0.1) is 11.6 Å². The number of phosphoric ester groups is 1. The van der Waals surface area contributed by atoms with E-state index in [1.165, 1.54) is 10.9 Å². The summed E-state index contributed by atoms with van der Waals surface area (Å²) in [5.74, 6) is -0.199. The van der Waals surface area contributed by atoms with Gasteiger partial charge >= 0.3 is 0 Å². The van der Waals surface area contributed by atoms with E-state index in [-0.39, 0.29) is 28.9 Å². The van der Waals surface area contributed by atoms with Crippen molar-refractivity contribution in [2.24, 2.45) is 5.73 Å². The van der Waals surface area contributed by atoms with Gasteiger partial charge in [0.05, 0.1) is 12.9 Å². The predicted molar refractivity (Wildman–Crippen MR) is 122 cm³/mol. The van der Waals surface area contributed by atoms with Crippen molar-refractivity contribution >= 4 is 52.8 Å². The van der Waals surface area contributed by atoms with Crippen LogP contribution in [0.15, 0.2) is 6.33 Å². The lowest BCUT2D eigenvalue weighted by atomic mass is 10.1. The lowest BCUT2D eigenvalue weighted by molar-refractivity contribution is -0.250. The van der Waals surface area contributed by atoms with Crippen LogP contribution in [0.5, 0.6) is 0 Å². The zero-order chi connectivity index (χ0) is 29.2. The molecule has 3 rings (SSSR count). The molecule has 0 aliphatic carbocycles. The summed E-state index contributed by atoms with van der Waals surface area (Å²) in [7, 11) is -17.9. The van der Waals surface area contributed by atoms with Gasteiger partial charge in [0, 0.05) is 13.1 Å². The van der Waals surface area contributed by atoms with Crippen LogP contribution >= 0.6 is 35.7 Å². The van der Waals surface area contributed by atoms with E-state index in [1.807, 2.05) is 0 Å². The number of hydrogen-bond donors (Lipinski definition) is 5. The lowest BCUT2D eigenvalue weighted by Crippen LogP contribution is -2.39. The zero-order valence-corrected chi connectivity index (χ0v) is 23.2. The topological polar surface area (TPSA) is 309 Å². The highest BCUT2D eigenvalue weighted by Crippen LogP contribution is 2.61. The Morgan fingerprint density at radius 1 is 1.31 bits per heavy atom. The number of amides is 1. The summed E-state index contributed by atoms with van der Waals surface area (Å²) < 4.78 is 57.8. The summed E-state index contributed by atoms with van der Waals surface area (Å²) in [4.78, 5) is 65.5. The van der Waals surface area contributed by atoms with E-state index in [0.29, 0.717) is 5.82 Å². The molecule has 20 nitrogen and oxygen atoms in total. The number of hydrogen-bond acceptors (Lipinski definition) is 17. The Hall–Kier alpha value is -1.51. The zero-order valence-electron chi connectivity index (χ0n) is 19.7. The molecule has 4 unspecified atom stereocenters. The summed E-state index contributed by atoms with van der Waals surface area (Å²) in [6.45, 7) is 0.255. The van der Waals surface area contributed by atoms with Crippen molar-refractivity contribution in [1.82, 2.24) is 24.8 Å². The highest BCUT2D eigenvalue weighted by Gasteiger charge is 2.47. The van der Waals surface area contributed by atoms with Crippen molar-refractivity contribution in [2.45, 2.75) is 31.5 Å². The van der Waals surface area contributed by atoms with Crippen molar-refractivity contribution in [3.63, 3.8) is 0 Å². The van der Waals surface area contributed by atoms with Crippen LogP contribution in [0.4, 0.5) is 0 Å². The Labute approximate surface area is 223 Å².